The molecule has 1 saturated heterocycles. The maximum Gasteiger partial charge on any atom is 0.240 e. The zero-order valence-corrected chi connectivity index (χ0v) is 11.3. The monoisotopic (exact) mass is 256 g/mol. The van der Waals surface area contributed by atoms with Gasteiger partial charge in [0.15, 0.2) is 0 Å². The Labute approximate surface area is 108 Å². The lowest BCUT2D eigenvalue weighted by atomic mass is 9.92. The lowest BCUT2D eigenvalue weighted by molar-refractivity contribution is -0.132. The van der Waals surface area contributed by atoms with Crippen LogP contribution in [0.3, 0.4) is 0 Å². The number of likely N-dealkylation sites (tertiary alicyclic amines) is 1. The molecule has 0 aromatic rings. The highest BCUT2D eigenvalue weighted by Crippen LogP contribution is 2.32. The summed E-state index contributed by atoms with van der Waals surface area (Å²) in [6.07, 6.45) is 3.15. The molecule has 104 valence electrons. The molecule has 0 spiro atoms. The average Bonchev–Trinajstić information content (AvgIpc) is 3.12. The van der Waals surface area contributed by atoms with Crippen molar-refractivity contribution in [2.75, 3.05) is 33.4 Å². The molecule has 2 fully saturated rings. The molecule has 1 amide bonds. The Morgan fingerprint density at radius 1 is 1.33 bits per heavy atom. The summed E-state index contributed by atoms with van der Waals surface area (Å²) in [6, 6.07) is 0.404. The van der Waals surface area contributed by atoms with Gasteiger partial charge in [-0.25, -0.2) is 0 Å². The van der Waals surface area contributed by atoms with Crippen LogP contribution in [0.15, 0.2) is 0 Å². The highest BCUT2D eigenvalue weighted by Gasteiger charge is 2.42. The average molecular weight is 256 g/mol. The van der Waals surface area contributed by atoms with Crippen LogP contribution in [0.5, 0.6) is 0 Å². The van der Waals surface area contributed by atoms with Gasteiger partial charge in [0.2, 0.25) is 5.91 Å². The Kier molecular flexibility index (Phi) is 3.94. The Morgan fingerprint density at radius 2 is 1.94 bits per heavy atom. The first-order chi connectivity index (χ1) is 8.50. The van der Waals surface area contributed by atoms with Gasteiger partial charge >= 0.3 is 0 Å². The lowest BCUT2D eigenvalue weighted by Crippen LogP contribution is -2.46. The Morgan fingerprint density at radius 3 is 2.44 bits per heavy atom. The Balaban J connectivity index is 1.93. The second-order valence-corrected chi connectivity index (χ2v) is 6.11. The zero-order chi connectivity index (χ0) is 13.3. The summed E-state index contributed by atoms with van der Waals surface area (Å²) in [7, 11) is 1.91. The van der Waals surface area contributed by atoms with E-state index in [1.807, 2.05) is 23.8 Å². The van der Waals surface area contributed by atoms with Crippen molar-refractivity contribution < 1.29 is 15.0 Å². The fraction of sp³-hybridized carbons (Fsp3) is 0.923. The van der Waals surface area contributed by atoms with Crippen molar-refractivity contribution in [3.05, 3.63) is 0 Å². The van der Waals surface area contributed by atoms with Crippen LogP contribution in [-0.4, -0.2) is 71.4 Å². The van der Waals surface area contributed by atoms with E-state index in [2.05, 4.69) is 0 Å². The summed E-state index contributed by atoms with van der Waals surface area (Å²) in [5.41, 5.74) is -0.540. The maximum atomic E-state index is 12.3. The minimum atomic E-state index is -0.540. The molecule has 1 aliphatic heterocycles. The van der Waals surface area contributed by atoms with Crippen LogP contribution in [0.4, 0.5) is 0 Å². The van der Waals surface area contributed by atoms with E-state index < -0.39 is 5.41 Å². The van der Waals surface area contributed by atoms with Gasteiger partial charge in [0.25, 0.3) is 0 Å². The standard InChI is InChI=1S/C13H24N2O3/c1-13(8-16,9-17)7-14(2)11-5-6-15(12(11)18)10-3-4-10/h10-11,16-17H,3-9H2,1-2H3. The quantitative estimate of drug-likeness (QED) is 0.683. The first-order valence-electron chi connectivity index (χ1n) is 6.73. The van der Waals surface area contributed by atoms with E-state index in [1.54, 1.807) is 0 Å². The van der Waals surface area contributed by atoms with Crippen LogP contribution >= 0.6 is 0 Å². The fourth-order valence-electron chi connectivity index (χ4n) is 2.71. The van der Waals surface area contributed by atoms with Crippen molar-refractivity contribution in [2.45, 2.75) is 38.3 Å². The zero-order valence-electron chi connectivity index (χ0n) is 11.3. The highest BCUT2D eigenvalue weighted by atomic mass is 16.3. The smallest absolute Gasteiger partial charge is 0.240 e. The van der Waals surface area contributed by atoms with Crippen molar-refractivity contribution in [3.63, 3.8) is 0 Å². The van der Waals surface area contributed by atoms with Crippen molar-refractivity contribution in [2.24, 2.45) is 5.41 Å². The second-order valence-electron chi connectivity index (χ2n) is 6.11. The molecule has 5 nitrogen and oxygen atoms in total. The third-order valence-electron chi connectivity index (χ3n) is 4.13. The molecule has 0 radical (unpaired) electrons. The van der Waals surface area contributed by atoms with E-state index in [9.17, 15) is 15.0 Å². The van der Waals surface area contributed by atoms with Crippen LogP contribution in [0.25, 0.3) is 0 Å². The molecular formula is C13H24N2O3. The number of carbonyl (C=O) groups is 1. The van der Waals surface area contributed by atoms with Crippen LogP contribution < -0.4 is 0 Å². The second kappa shape index (κ2) is 5.15. The van der Waals surface area contributed by atoms with Crippen LogP contribution in [0.1, 0.15) is 26.2 Å². The molecular weight excluding hydrogens is 232 g/mol. The minimum absolute atomic E-state index is 0.0684. The van der Waals surface area contributed by atoms with Gasteiger partial charge in [-0.2, -0.15) is 0 Å². The van der Waals surface area contributed by atoms with E-state index in [1.165, 1.54) is 0 Å². The lowest BCUT2D eigenvalue weighted by Gasteiger charge is -2.33. The number of aliphatic hydroxyl groups excluding tert-OH is 2. The first kappa shape index (κ1) is 13.8. The third kappa shape index (κ3) is 2.68. The van der Waals surface area contributed by atoms with Gasteiger partial charge in [0, 0.05) is 24.5 Å². The Hall–Kier alpha value is -0.650. The molecule has 1 aliphatic carbocycles. The number of hydrogen-bond donors (Lipinski definition) is 2. The molecule has 0 aromatic carbocycles. The normalized spacial score (nSPS) is 25.3. The minimum Gasteiger partial charge on any atom is -0.396 e. The summed E-state index contributed by atoms with van der Waals surface area (Å²) in [6.45, 7) is 3.09. The summed E-state index contributed by atoms with van der Waals surface area (Å²) in [4.78, 5) is 16.2. The topological polar surface area (TPSA) is 64.0 Å². The van der Waals surface area contributed by atoms with Crippen molar-refractivity contribution >= 4 is 5.91 Å². The molecule has 2 aliphatic rings. The van der Waals surface area contributed by atoms with Crippen molar-refractivity contribution in [1.82, 2.24) is 9.80 Å². The fourth-order valence-corrected chi connectivity index (χ4v) is 2.71. The van der Waals surface area contributed by atoms with Crippen LogP contribution in [0.2, 0.25) is 0 Å². The molecule has 1 atom stereocenters. The van der Waals surface area contributed by atoms with E-state index in [4.69, 9.17) is 0 Å². The van der Waals surface area contributed by atoms with Gasteiger partial charge in [-0.1, -0.05) is 6.92 Å². The first-order valence-corrected chi connectivity index (χ1v) is 6.73. The molecule has 18 heavy (non-hydrogen) atoms. The third-order valence-corrected chi connectivity index (χ3v) is 4.13. The van der Waals surface area contributed by atoms with Gasteiger partial charge in [-0.05, 0) is 26.3 Å². The van der Waals surface area contributed by atoms with Gasteiger partial charge < -0.3 is 15.1 Å². The number of aliphatic hydroxyl groups is 2. The number of nitrogens with zero attached hydrogens (tertiary/aromatic N) is 2. The summed E-state index contributed by atoms with van der Waals surface area (Å²) >= 11 is 0. The van der Waals surface area contributed by atoms with Crippen molar-refractivity contribution in [3.8, 4) is 0 Å². The SMILES string of the molecule is CN(CC(C)(CO)CO)C1CCN(C2CC2)C1=O. The predicted molar refractivity (Wildman–Crippen MR) is 68.0 cm³/mol. The number of amides is 1. The number of hydrogen-bond acceptors (Lipinski definition) is 4. The predicted octanol–water partition coefficient (Wildman–Crippen LogP) is -0.328. The van der Waals surface area contributed by atoms with Gasteiger partial charge in [0.05, 0.1) is 19.3 Å². The van der Waals surface area contributed by atoms with E-state index in [0.717, 1.165) is 25.8 Å². The van der Waals surface area contributed by atoms with Crippen molar-refractivity contribution in [1.29, 1.82) is 0 Å². The molecule has 5 heteroatoms. The van der Waals surface area contributed by atoms with Crippen LogP contribution in [-0.2, 0) is 4.79 Å². The van der Waals surface area contributed by atoms with E-state index in [0.29, 0.717) is 12.6 Å². The van der Waals surface area contributed by atoms with Gasteiger partial charge in [-0.3, -0.25) is 9.69 Å². The molecule has 1 heterocycles. The molecule has 1 unspecified atom stereocenters. The largest absolute Gasteiger partial charge is 0.396 e. The highest BCUT2D eigenvalue weighted by molar-refractivity contribution is 5.84. The summed E-state index contributed by atoms with van der Waals surface area (Å²) in [5, 5.41) is 18.6. The van der Waals surface area contributed by atoms with E-state index >= 15 is 0 Å². The maximum absolute atomic E-state index is 12.3. The number of likely N-dealkylation sites (N-methyl/N-ethyl adjacent to an activating group) is 1. The summed E-state index contributed by atoms with van der Waals surface area (Å²) < 4.78 is 0. The molecule has 2 N–H and O–H groups in total. The number of rotatable bonds is 6. The molecule has 0 bridgehead atoms. The number of carbonyl (C=O) groups excluding carboxylic acids is 1. The van der Waals surface area contributed by atoms with E-state index in [-0.39, 0.29) is 25.2 Å². The van der Waals surface area contributed by atoms with Crippen LogP contribution in [0, 0.1) is 5.41 Å². The molecule has 2 rings (SSSR count). The molecule has 0 aromatic heterocycles. The summed E-state index contributed by atoms with van der Waals surface area (Å²) in [5.74, 6) is 0.221. The molecule has 1 saturated carbocycles. The van der Waals surface area contributed by atoms with Gasteiger partial charge in [-0.15, -0.1) is 0 Å². The Bertz CT molecular complexity index is 313. The van der Waals surface area contributed by atoms with Gasteiger partial charge in [0.1, 0.15) is 0 Å².